The Kier molecular flexibility index (Phi) is 7.47. The van der Waals surface area contributed by atoms with Crippen molar-refractivity contribution in [2.75, 3.05) is 0 Å². The second-order valence-corrected chi connectivity index (χ2v) is 13.4. The Labute approximate surface area is 308 Å². The Bertz CT molecular complexity index is 2890. The Hall–Kier alpha value is -7.10. The van der Waals surface area contributed by atoms with Gasteiger partial charge in [-0.2, -0.15) is 0 Å². The second-order valence-electron chi connectivity index (χ2n) is 13.4. The summed E-state index contributed by atoms with van der Waals surface area (Å²) in [5.41, 5.74) is 16.0. The van der Waals surface area contributed by atoms with E-state index in [4.69, 9.17) is 9.97 Å². The molecule has 3 heteroatoms. The van der Waals surface area contributed by atoms with Crippen molar-refractivity contribution in [1.82, 2.24) is 14.5 Å². The molecule has 2 aromatic heterocycles. The number of hydrogen-bond donors (Lipinski definition) is 0. The van der Waals surface area contributed by atoms with Gasteiger partial charge in [0.1, 0.15) is 0 Å². The molecule has 0 aliphatic rings. The van der Waals surface area contributed by atoms with E-state index in [1.165, 1.54) is 44.1 Å². The summed E-state index contributed by atoms with van der Waals surface area (Å²) in [6.45, 7) is 0. The first-order valence-electron chi connectivity index (χ1n) is 18.0. The fourth-order valence-electron chi connectivity index (χ4n) is 7.55. The van der Waals surface area contributed by atoms with Gasteiger partial charge >= 0.3 is 0 Å². The predicted octanol–water partition coefficient (Wildman–Crippen LogP) is 13.1. The Morgan fingerprint density at radius 3 is 1.34 bits per heavy atom. The first kappa shape index (κ1) is 30.7. The molecule has 0 radical (unpaired) electrons. The number of rotatable bonds is 6. The smallest absolute Gasteiger partial charge is 0.0973 e. The average Bonchev–Trinajstić information content (AvgIpc) is 3.58. The zero-order chi connectivity index (χ0) is 35.1. The van der Waals surface area contributed by atoms with Crippen LogP contribution in [0.3, 0.4) is 0 Å². The van der Waals surface area contributed by atoms with Crippen LogP contribution in [-0.4, -0.2) is 14.5 Å². The highest BCUT2D eigenvalue weighted by Crippen LogP contribution is 2.37. The maximum absolute atomic E-state index is 5.38. The molecule has 10 aromatic rings. The molecule has 8 aromatic carbocycles. The van der Waals surface area contributed by atoms with E-state index in [1.807, 2.05) is 12.1 Å². The number of hydrogen-bond acceptors (Lipinski definition) is 2. The lowest BCUT2D eigenvalue weighted by molar-refractivity contribution is 1.18. The van der Waals surface area contributed by atoms with Crippen molar-refractivity contribution in [3.8, 4) is 61.6 Å². The molecule has 0 saturated heterocycles. The molecule has 0 atom stereocenters. The molecule has 3 nitrogen and oxygen atoms in total. The maximum atomic E-state index is 5.38. The number of nitrogens with zero attached hydrogens (tertiary/aromatic N) is 3. The van der Waals surface area contributed by atoms with Gasteiger partial charge in [-0.3, -0.25) is 0 Å². The normalized spacial score (nSPS) is 11.4. The van der Waals surface area contributed by atoms with Crippen LogP contribution < -0.4 is 0 Å². The monoisotopic (exact) mass is 675 g/mol. The summed E-state index contributed by atoms with van der Waals surface area (Å²) in [5, 5.41) is 2.46. The van der Waals surface area contributed by atoms with Crippen LogP contribution >= 0.6 is 0 Å². The van der Waals surface area contributed by atoms with E-state index in [1.54, 1.807) is 0 Å². The average molecular weight is 676 g/mol. The van der Waals surface area contributed by atoms with E-state index in [0.717, 1.165) is 50.4 Å². The van der Waals surface area contributed by atoms with Crippen LogP contribution in [0, 0.1) is 0 Å². The summed E-state index contributed by atoms with van der Waals surface area (Å²) in [4.78, 5) is 10.7. The van der Waals surface area contributed by atoms with Crippen LogP contribution in [0.1, 0.15) is 0 Å². The maximum Gasteiger partial charge on any atom is 0.0973 e. The van der Waals surface area contributed by atoms with Gasteiger partial charge in [-0.05, 0) is 75.8 Å². The summed E-state index contributed by atoms with van der Waals surface area (Å²) in [6.07, 6.45) is 0. The minimum atomic E-state index is 0.862. The van der Waals surface area contributed by atoms with Gasteiger partial charge in [0.05, 0.1) is 33.5 Å². The summed E-state index contributed by atoms with van der Waals surface area (Å²) < 4.78 is 2.35. The van der Waals surface area contributed by atoms with E-state index in [9.17, 15) is 0 Å². The van der Waals surface area contributed by atoms with Crippen molar-refractivity contribution >= 4 is 32.8 Å². The minimum Gasteiger partial charge on any atom is -0.309 e. The summed E-state index contributed by atoms with van der Waals surface area (Å²) >= 11 is 0. The SMILES string of the molecule is c1ccc(-c2ccc(-c3nc4ccc(-c5ccc6c(c5)c5ccccc5n6-c5ccccc5)cc4nc3-c3ccc(-c4ccccc4)cc3)cc2)cc1. The lowest BCUT2D eigenvalue weighted by atomic mass is 9.98. The number of benzene rings is 8. The molecule has 53 heavy (non-hydrogen) atoms. The molecule has 0 spiro atoms. The number of para-hydroxylation sites is 2. The molecule has 0 aliphatic carbocycles. The van der Waals surface area contributed by atoms with Crippen LogP contribution in [0.2, 0.25) is 0 Å². The highest BCUT2D eigenvalue weighted by molar-refractivity contribution is 6.10. The molecule has 2 heterocycles. The molecule has 0 fully saturated rings. The fraction of sp³-hybridized carbons (Fsp3) is 0. The molecule has 0 amide bonds. The predicted molar refractivity (Wildman–Crippen MR) is 221 cm³/mol. The van der Waals surface area contributed by atoms with E-state index in [-0.39, 0.29) is 0 Å². The molecule has 0 N–H and O–H groups in total. The van der Waals surface area contributed by atoms with Crippen LogP contribution in [0.15, 0.2) is 200 Å². The summed E-state index contributed by atoms with van der Waals surface area (Å²) in [6, 6.07) is 70.8. The molecule has 248 valence electrons. The van der Waals surface area contributed by atoms with E-state index < -0.39 is 0 Å². The molecule has 0 unspecified atom stereocenters. The third-order valence-corrected chi connectivity index (χ3v) is 10.2. The van der Waals surface area contributed by atoms with E-state index in [2.05, 4.69) is 193 Å². The van der Waals surface area contributed by atoms with E-state index in [0.29, 0.717) is 0 Å². The molecule has 0 bridgehead atoms. The highest BCUT2D eigenvalue weighted by atomic mass is 15.0. The highest BCUT2D eigenvalue weighted by Gasteiger charge is 2.17. The Morgan fingerprint density at radius 2 is 0.717 bits per heavy atom. The van der Waals surface area contributed by atoms with Crippen molar-refractivity contribution in [3.63, 3.8) is 0 Å². The van der Waals surface area contributed by atoms with Crippen molar-refractivity contribution in [2.45, 2.75) is 0 Å². The van der Waals surface area contributed by atoms with Gasteiger partial charge in [-0.25, -0.2) is 9.97 Å². The lowest BCUT2D eigenvalue weighted by Crippen LogP contribution is -1.96. The fourth-order valence-corrected chi connectivity index (χ4v) is 7.55. The molecule has 10 rings (SSSR count). The van der Waals surface area contributed by atoms with Crippen LogP contribution in [0.5, 0.6) is 0 Å². The first-order valence-corrected chi connectivity index (χ1v) is 18.0. The van der Waals surface area contributed by atoms with Crippen LogP contribution in [0.4, 0.5) is 0 Å². The van der Waals surface area contributed by atoms with Crippen molar-refractivity contribution < 1.29 is 0 Å². The minimum absolute atomic E-state index is 0.862. The zero-order valence-electron chi connectivity index (χ0n) is 28.9. The molecule has 0 saturated carbocycles. The summed E-state index contributed by atoms with van der Waals surface area (Å²) in [7, 11) is 0. The lowest BCUT2D eigenvalue weighted by Gasteiger charge is -2.13. The van der Waals surface area contributed by atoms with Crippen molar-refractivity contribution in [1.29, 1.82) is 0 Å². The topological polar surface area (TPSA) is 30.7 Å². The Morgan fingerprint density at radius 1 is 0.283 bits per heavy atom. The number of fused-ring (bicyclic) bond motifs is 4. The standard InChI is InChI=1S/C50H33N3/c1-4-12-34(13-5-1)36-20-24-38(25-21-36)49-50(39-26-22-37(23-27-39)35-14-6-2-7-15-35)52-46-33-41(28-30-45(46)51-49)40-29-31-48-44(32-40)43-18-10-11-19-47(43)53(48)42-16-8-3-9-17-42/h1-33H. The van der Waals surface area contributed by atoms with E-state index >= 15 is 0 Å². The van der Waals surface area contributed by atoms with Crippen LogP contribution in [-0.2, 0) is 0 Å². The Balaban J connectivity index is 1.10. The molecular weight excluding hydrogens is 643 g/mol. The van der Waals surface area contributed by atoms with Gasteiger partial charge in [-0.1, -0.05) is 158 Å². The second kappa shape index (κ2) is 12.9. The number of aromatic nitrogens is 3. The van der Waals surface area contributed by atoms with Gasteiger partial charge in [-0.15, -0.1) is 0 Å². The third-order valence-electron chi connectivity index (χ3n) is 10.2. The summed E-state index contributed by atoms with van der Waals surface area (Å²) in [5.74, 6) is 0. The van der Waals surface area contributed by atoms with Crippen molar-refractivity contribution in [3.05, 3.63) is 200 Å². The van der Waals surface area contributed by atoms with Gasteiger partial charge in [0.15, 0.2) is 0 Å². The van der Waals surface area contributed by atoms with Gasteiger partial charge < -0.3 is 4.57 Å². The quantitative estimate of drug-likeness (QED) is 0.176. The largest absolute Gasteiger partial charge is 0.309 e. The van der Waals surface area contributed by atoms with Crippen molar-refractivity contribution in [2.24, 2.45) is 0 Å². The third kappa shape index (κ3) is 5.56. The molecular formula is C50H33N3. The molecule has 0 aliphatic heterocycles. The zero-order valence-corrected chi connectivity index (χ0v) is 28.9. The van der Waals surface area contributed by atoms with Crippen LogP contribution in [0.25, 0.3) is 94.4 Å². The first-order chi connectivity index (χ1) is 26.3. The van der Waals surface area contributed by atoms with Gasteiger partial charge in [0, 0.05) is 27.6 Å². The van der Waals surface area contributed by atoms with Gasteiger partial charge in [0.25, 0.3) is 0 Å². The van der Waals surface area contributed by atoms with Gasteiger partial charge in [0.2, 0.25) is 0 Å².